The highest BCUT2D eigenvalue weighted by atomic mass is 32.2. The SMILES string of the molecule is C=C/C(=C\C)Sn1cc2c(n1)CN(C(=O)CCO)C2. The quantitative estimate of drug-likeness (QED) is 0.833. The molecule has 0 fully saturated rings. The molecular weight excluding hydrogens is 262 g/mol. The molecule has 1 aromatic heterocycles. The molecule has 0 saturated heterocycles. The molecule has 0 saturated carbocycles. The van der Waals surface area contributed by atoms with Gasteiger partial charge in [0.15, 0.2) is 0 Å². The van der Waals surface area contributed by atoms with E-state index < -0.39 is 0 Å². The first-order valence-corrected chi connectivity index (χ1v) is 6.88. The van der Waals surface area contributed by atoms with Crippen LogP contribution in [0.3, 0.4) is 0 Å². The summed E-state index contributed by atoms with van der Waals surface area (Å²) in [4.78, 5) is 14.4. The molecule has 2 rings (SSSR count). The van der Waals surface area contributed by atoms with Crippen LogP contribution in [0.2, 0.25) is 0 Å². The van der Waals surface area contributed by atoms with Crippen molar-refractivity contribution in [1.82, 2.24) is 14.1 Å². The van der Waals surface area contributed by atoms with Crippen molar-refractivity contribution in [1.29, 1.82) is 0 Å². The lowest BCUT2D eigenvalue weighted by molar-refractivity contribution is -0.132. The smallest absolute Gasteiger partial charge is 0.225 e. The van der Waals surface area contributed by atoms with E-state index in [0.29, 0.717) is 13.1 Å². The Hall–Kier alpha value is -1.53. The van der Waals surface area contributed by atoms with Crippen molar-refractivity contribution in [3.63, 3.8) is 0 Å². The molecule has 0 aromatic carbocycles. The molecular formula is C13H17N3O2S. The number of allylic oxidation sites excluding steroid dienone is 2. The van der Waals surface area contributed by atoms with Gasteiger partial charge in [-0.1, -0.05) is 18.7 Å². The van der Waals surface area contributed by atoms with E-state index in [1.807, 2.05) is 19.2 Å². The van der Waals surface area contributed by atoms with Gasteiger partial charge in [-0.05, 0) is 6.92 Å². The Bertz CT molecular complexity index is 498. The Morgan fingerprint density at radius 1 is 1.63 bits per heavy atom. The molecule has 1 aliphatic heterocycles. The van der Waals surface area contributed by atoms with Crippen molar-refractivity contribution >= 4 is 17.9 Å². The summed E-state index contributed by atoms with van der Waals surface area (Å²) < 4.78 is 1.80. The van der Waals surface area contributed by atoms with Gasteiger partial charge in [-0.3, -0.25) is 4.79 Å². The number of nitrogens with zero attached hydrogens (tertiary/aromatic N) is 3. The van der Waals surface area contributed by atoms with E-state index in [-0.39, 0.29) is 18.9 Å². The van der Waals surface area contributed by atoms with Gasteiger partial charge in [0.05, 0.1) is 18.8 Å². The number of rotatable bonds is 5. The summed E-state index contributed by atoms with van der Waals surface area (Å²) in [5.41, 5.74) is 2.00. The third kappa shape index (κ3) is 3.08. The highest BCUT2D eigenvalue weighted by molar-refractivity contribution is 8.01. The molecule has 0 bridgehead atoms. The summed E-state index contributed by atoms with van der Waals surface area (Å²) in [7, 11) is 0. The number of carbonyl (C=O) groups is 1. The first kappa shape index (κ1) is 13.9. The van der Waals surface area contributed by atoms with Crippen LogP contribution in [0.5, 0.6) is 0 Å². The standard InChI is InChI=1S/C13H17N3O2S/c1-3-11(4-2)19-16-8-10-7-15(9-12(10)14-16)13(18)5-6-17/h3-4,8,17H,1,5-7,9H2,2H3/b11-4+. The number of carbonyl (C=O) groups excluding carboxylic acids is 1. The number of amides is 1. The van der Waals surface area contributed by atoms with Crippen LogP contribution in [-0.4, -0.2) is 31.7 Å². The molecule has 0 spiro atoms. The van der Waals surface area contributed by atoms with Crippen molar-refractivity contribution in [2.24, 2.45) is 0 Å². The van der Waals surface area contributed by atoms with Gasteiger partial charge in [0.2, 0.25) is 5.91 Å². The van der Waals surface area contributed by atoms with Crippen LogP contribution in [-0.2, 0) is 17.9 Å². The maximum atomic E-state index is 11.7. The number of fused-ring (bicyclic) bond motifs is 1. The van der Waals surface area contributed by atoms with Crippen molar-refractivity contribution in [3.05, 3.63) is 41.1 Å². The number of hydrogen-bond acceptors (Lipinski definition) is 4. The molecule has 1 N–H and O–H groups in total. The molecule has 0 atom stereocenters. The first-order valence-electron chi connectivity index (χ1n) is 6.11. The minimum atomic E-state index is -0.104. The Kier molecular flexibility index (Phi) is 4.44. The second kappa shape index (κ2) is 6.08. The van der Waals surface area contributed by atoms with Gasteiger partial charge in [-0.25, -0.2) is 4.09 Å². The molecule has 19 heavy (non-hydrogen) atoms. The molecule has 102 valence electrons. The fourth-order valence-corrected chi connectivity index (χ4v) is 2.64. The molecule has 6 heteroatoms. The van der Waals surface area contributed by atoms with Crippen LogP contribution >= 0.6 is 11.9 Å². The Morgan fingerprint density at radius 2 is 2.42 bits per heavy atom. The summed E-state index contributed by atoms with van der Waals surface area (Å²) in [6.45, 7) is 6.70. The summed E-state index contributed by atoms with van der Waals surface area (Å²) >= 11 is 1.50. The molecule has 1 aliphatic rings. The lowest BCUT2D eigenvalue weighted by Crippen LogP contribution is -2.26. The van der Waals surface area contributed by atoms with Crippen LogP contribution < -0.4 is 0 Å². The summed E-state index contributed by atoms with van der Waals surface area (Å²) in [5.74, 6) is -0.0278. The summed E-state index contributed by atoms with van der Waals surface area (Å²) in [5, 5.41) is 13.2. The second-order valence-electron chi connectivity index (χ2n) is 4.21. The number of aliphatic hydroxyl groups excluding tert-OH is 1. The molecule has 5 nitrogen and oxygen atoms in total. The molecule has 0 radical (unpaired) electrons. The minimum Gasteiger partial charge on any atom is -0.396 e. The fraction of sp³-hybridized carbons (Fsp3) is 0.385. The van der Waals surface area contributed by atoms with Gasteiger partial charge in [0.25, 0.3) is 0 Å². The van der Waals surface area contributed by atoms with Gasteiger partial charge in [0, 0.05) is 41.6 Å². The van der Waals surface area contributed by atoms with Gasteiger partial charge >= 0.3 is 0 Å². The van der Waals surface area contributed by atoms with E-state index >= 15 is 0 Å². The van der Waals surface area contributed by atoms with Gasteiger partial charge < -0.3 is 10.0 Å². The first-order chi connectivity index (χ1) is 9.17. The van der Waals surface area contributed by atoms with Crippen LogP contribution in [0.25, 0.3) is 0 Å². The van der Waals surface area contributed by atoms with Crippen LogP contribution in [0.4, 0.5) is 0 Å². The predicted octanol–water partition coefficient (Wildman–Crippen LogP) is 1.69. The van der Waals surface area contributed by atoms with E-state index in [9.17, 15) is 4.79 Å². The fourth-order valence-electron chi connectivity index (χ4n) is 1.92. The molecule has 2 heterocycles. The van der Waals surface area contributed by atoms with Crippen molar-refractivity contribution in [3.8, 4) is 0 Å². The maximum absolute atomic E-state index is 11.7. The van der Waals surface area contributed by atoms with Crippen LogP contribution in [0.15, 0.2) is 29.8 Å². The predicted molar refractivity (Wildman–Crippen MR) is 75.1 cm³/mol. The minimum absolute atomic E-state index is 0.0278. The lowest BCUT2D eigenvalue weighted by atomic mass is 10.3. The number of hydrogen-bond donors (Lipinski definition) is 1. The van der Waals surface area contributed by atoms with Crippen molar-refractivity contribution in [2.45, 2.75) is 26.4 Å². The van der Waals surface area contributed by atoms with Gasteiger partial charge in [-0.2, -0.15) is 5.10 Å². The van der Waals surface area contributed by atoms with Crippen molar-refractivity contribution in [2.75, 3.05) is 6.61 Å². The maximum Gasteiger partial charge on any atom is 0.225 e. The average molecular weight is 279 g/mol. The van der Waals surface area contributed by atoms with E-state index in [4.69, 9.17) is 5.11 Å². The van der Waals surface area contributed by atoms with E-state index in [2.05, 4.69) is 11.7 Å². The topological polar surface area (TPSA) is 58.4 Å². The largest absolute Gasteiger partial charge is 0.396 e. The Morgan fingerprint density at radius 3 is 3.00 bits per heavy atom. The number of aromatic nitrogens is 2. The van der Waals surface area contributed by atoms with Crippen LogP contribution in [0.1, 0.15) is 24.6 Å². The molecule has 1 amide bonds. The van der Waals surface area contributed by atoms with E-state index in [1.54, 1.807) is 15.1 Å². The highest BCUT2D eigenvalue weighted by Gasteiger charge is 2.26. The number of aliphatic hydroxyl groups is 1. The molecule has 0 unspecified atom stereocenters. The van der Waals surface area contributed by atoms with E-state index in [0.717, 1.165) is 16.2 Å². The average Bonchev–Trinajstić information content (AvgIpc) is 2.94. The van der Waals surface area contributed by atoms with Crippen molar-refractivity contribution < 1.29 is 9.90 Å². The molecule has 0 aliphatic carbocycles. The normalized spacial score (nSPS) is 14.6. The Balaban J connectivity index is 2.02. The monoisotopic (exact) mass is 279 g/mol. The zero-order chi connectivity index (χ0) is 13.8. The Labute approximate surface area is 116 Å². The summed E-state index contributed by atoms with van der Waals surface area (Å²) in [6, 6.07) is 0. The van der Waals surface area contributed by atoms with Gasteiger partial charge in [0.1, 0.15) is 0 Å². The zero-order valence-electron chi connectivity index (χ0n) is 10.9. The second-order valence-corrected chi connectivity index (χ2v) is 5.24. The zero-order valence-corrected chi connectivity index (χ0v) is 11.7. The van der Waals surface area contributed by atoms with E-state index in [1.165, 1.54) is 11.9 Å². The van der Waals surface area contributed by atoms with Gasteiger partial charge in [-0.15, -0.1) is 0 Å². The molecule has 1 aromatic rings. The lowest BCUT2D eigenvalue weighted by Gasteiger charge is -2.14. The third-order valence-electron chi connectivity index (χ3n) is 2.92. The van der Waals surface area contributed by atoms with Crippen LogP contribution in [0, 0.1) is 0 Å². The third-order valence-corrected chi connectivity index (χ3v) is 3.91. The summed E-state index contributed by atoms with van der Waals surface area (Å²) in [6.07, 6.45) is 5.88. The highest BCUT2D eigenvalue weighted by Crippen LogP contribution is 2.26.